The highest BCUT2D eigenvalue weighted by Gasteiger charge is 2.20. The van der Waals surface area contributed by atoms with E-state index in [1.54, 1.807) is 0 Å². The van der Waals surface area contributed by atoms with Crippen LogP contribution in [0.4, 0.5) is 0 Å². The molecule has 0 radical (unpaired) electrons. The molecule has 1 aromatic carbocycles. The number of unbranched alkanes of at least 4 members (excludes halogenated alkanes) is 6. The van der Waals surface area contributed by atoms with E-state index in [1.807, 2.05) is 24.5 Å². The Kier molecular flexibility index (Phi) is 11.8. The molecule has 1 heterocycles. The highest BCUT2D eigenvalue weighted by molar-refractivity contribution is 5.55. The topological polar surface area (TPSA) is 35.0 Å². The molecule has 182 valence electrons. The number of aromatic nitrogens is 2. The smallest absolute Gasteiger partial charge is 0.159 e. The molecule has 0 N–H and O–H groups in total. The second-order valence-corrected chi connectivity index (χ2v) is 10.1. The van der Waals surface area contributed by atoms with E-state index in [-0.39, 0.29) is 0 Å². The van der Waals surface area contributed by atoms with Crippen molar-refractivity contribution in [2.24, 2.45) is 11.8 Å². The van der Waals surface area contributed by atoms with Gasteiger partial charge in [-0.3, -0.25) is 0 Å². The van der Waals surface area contributed by atoms with Gasteiger partial charge in [0.05, 0.1) is 6.61 Å². The van der Waals surface area contributed by atoms with Crippen LogP contribution in [0.5, 0.6) is 5.75 Å². The summed E-state index contributed by atoms with van der Waals surface area (Å²) in [6.07, 6.45) is 24.3. The van der Waals surface area contributed by atoms with Gasteiger partial charge < -0.3 is 4.74 Å². The average Bonchev–Trinajstić information content (AvgIpc) is 2.87. The van der Waals surface area contributed by atoms with Crippen molar-refractivity contribution in [3.8, 4) is 17.1 Å². The molecule has 0 atom stereocenters. The Morgan fingerprint density at radius 3 is 2.00 bits per heavy atom. The third-order valence-electron chi connectivity index (χ3n) is 7.36. The Morgan fingerprint density at radius 1 is 0.727 bits per heavy atom. The summed E-state index contributed by atoms with van der Waals surface area (Å²) in [6, 6.07) is 8.18. The van der Waals surface area contributed by atoms with Crippen LogP contribution < -0.4 is 4.74 Å². The summed E-state index contributed by atoms with van der Waals surface area (Å²) in [5, 5.41) is 0. The quantitative estimate of drug-likeness (QED) is 0.254. The molecule has 0 aliphatic heterocycles. The number of hydrogen-bond donors (Lipinski definition) is 0. The summed E-state index contributed by atoms with van der Waals surface area (Å²) >= 11 is 0. The van der Waals surface area contributed by atoms with Gasteiger partial charge in [0.2, 0.25) is 0 Å². The van der Waals surface area contributed by atoms with E-state index in [2.05, 4.69) is 35.9 Å². The molecule has 2 aromatic rings. The maximum atomic E-state index is 5.81. The molecule has 0 spiro atoms. The van der Waals surface area contributed by atoms with Crippen LogP contribution >= 0.6 is 0 Å². The largest absolute Gasteiger partial charge is 0.494 e. The number of ether oxygens (including phenoxy) is 1. The van der Waals surface area contributed by atoms with Gasteiger partial charge in [-0.05, 0) is 60.9 Å². The summed E-state index contributed by atoms with van der Waals surface area (Å²) in [6.45, 7) is 5.30. The Labute approximate surface area is 202 Å². The predicted octanol–water partition coefficient (Wildman–Crippen LogP) is 8.81. The first-order valence-electron chi connectivity index (χ1n) is 13.8. The average molecular weight is 451 g/mol. The van der Waals surface area contributed by atoms with Gasteiger partial charge in [0.25, 0.3) is 0 Å². The standard InChI is InChI=1S/C30H46N2O/c1-3-5-7-8-9-11-25-12-14-26(15-13-25)16-17-27-23-31-30(32-24-27)28-18-20-29(21-19-28)33-22-10-6-4-2/h18-21,23-26H,3-17,22H2,1-2H3. The van der Waals surface area contributed by atoms with Crippen molar-refractivity contribution in [1.29, 1.82) is 0 Å². The van der Waals surface area contributed by atoms with Gasteiger partial charge >= 0.3 is 0 Å². The third kappa shape index (κ3) is 9.47. The fourth-order valence-corrected chi connectivity index (χ4v) is 5.09. The van der Waals surface area contributed by atoms with Crippen molar-refractivity contribution in [1.82, 2.24) is 9.97 Å². The SMILES string of the molecule is CCCCCCCC1CCC(CCc2cnc(-c3ccc(OCCCCC)cc3)nc2)CC1. The van der Waals surface area contributed by atoms with Crippen molar-refractivity contribution in [3.63, 3.8) is 0 Å². The Balaban J connectivity index is 1.35. The van der Waals surface area contributed by atoms with Crippen molar-refractivity contribution in [2.45, 2.75) is 110 Å². The molecule has 3 rings (SSSR count). The minimum absolute atomic E-state index is 0.791. The summed E-state index contributed by atoms with van der Waals surface area (Å²) in [4.78, 5) is 9.29. The molecular formula is C30H46N2O. The third-order valence-corrected chi connectivity index (χ3v) is 7.36. The molecule has 1 saturated carbocycles. The monoisotopic (exact) mass is 450 g/mol. The first-order valence-corrected chi connectivity index (χ1v) is 13.8. The number of nitrogens with zero attached hydrogens (tertiary/aromatic N) is 2. The lowest BCUT2D eigenvalue weighted by molar-refractivity contribution is 0.248. The molecule has 3 heteroatoms. The van der Waals surface area contributed by atoms with Crippen LogP contribution in [0.3, 0.4) is 0 Å². The molecule has 33 heavy (non-hydrogen) atoms. The van der Waals surface area contributed by atoms with E-state index in [0.717, 1.165) is 48.4 Å². The number of rotatable bonds is 15. The lowest BCUT2D eigenvalue weighted by atomic mass is 9.78. The van der Waals surface area contributed by atoms with Crippen molar-refractivity contribution in [3.05, 3.63) is 42.2 Å². The van der Waals surface area contributed by atoms with Gasteiger partial charge in [-0.2, -0.15) is 0 Å². The van der Waals surface area contributed by atoms with Crippen LogP contribution in [0.1, 0.15) is 109 Å². The molecule has 0 unspecified atom stereocenters. The fraction of sp³-hybridized carbons (Fsp3) is 0.667. The maximum absolute atomic E-state index is 5.81. The van der Waals surface area contributed by atoms with Crippen LogP contribution in [0.2, 0.25) is 0 Å². The molecule has 0 bridgehead atoms. The first kappa shape index (κ1) is 25.7. The van der Waals surface area contributed by atoms with E-state index in [0.29, 0.717) is 0 Å². The molecule has 0 saturated heterocycles. The zero-order valence-corrected chi connectivity index (χ0v) is 21.2. The van der Waals surface area contributed by atoms with Crippen LogP contribution in [-0.4, -0.2) is 16.6 Å². The van der Waals surface area contributed by atoms with E-state index in [1.165, 1.54) is 89.0 Å². The van der Waals surface area contributed by atoms with Gasteiger partial charge in [0.1, 0.15) is 5.75 Å². The van der Waals surface area contributed by atoms with Crippen molar-refractivity contribution >= 4 is 0 Å². The van der Waals surface area contributed by atoms with Gasteiger partial charge in [-0.1, -0.05) is 90.9 Å². The normalized spacial score (nSPS) is 18.4. The molecule has 1 aromatic heterocycles. The van der Waals surface area contributed by atoms with Gasteiger partial charge in [0.15, 0.2) is 5.82 Å². The second kappa shape index (κ2) is 15.1. The molecule has 3 nitrogen and oxygen atoms in total. The Hall–Kier alpha value is -1.90. The summed E-state index contributed by atoms with van der Waals surface area (Å²) in [5.41, 5.74) is 2.32. The molecular weight excluding hydrogens is 404 g/mol. The minimum atomic E-state index is 0.791. The highest BCUT2D eigenvalue weighted by Crippen LogP contribution is 2.34. The van der Waals surface area contributed by atoms with Gasteiger partial charge in [-0.25, -0.2) is 9.97 Å². The van der Waals surface area contributed by atoms with Gasteiger partial charge in [0, 0.05) is 18.0 Å². The number of hydrogen-bond acceptors (Lipinski definition) is 3. The maximum Gasteiger partial charge on any atom is 0.159 e. The van der Waals surface area contributed by atoms with E-state index < -0.39 is 0 Å². The van der Waals surface area contributed by atoms with E-state index in [4.69, 9.17) is 4.74 Å². The van der Waals surface area contributed by atoms with Crippen molar-refractivity contribution < 1.29 is 4.74 Å². The lowest BCUT2D eigenvalue weighted by Crippen LogP contribution is -2.15. The lowest BCUT2D eigenvalue weighted by Gasteiger charge is -2.28. The Bertz CT molecular complexity index is 748. The zero-order valence-electron chi connectivity index (χ0n) is 21.2. The first-order chi connectivity index (χ1) is 16.3. The molecule has 1 aliphatic rings. The second-order valence-electron chi connectivity index (χ2n) is 10.1. The van der Waals surface area contributed by atoms with E-state index in [9.17, 15) is 0 Å². The van der Waals surface area contributed by atoms with E-state index >= 15 is 0 Å². The predicted molar refractivity (Wildman–Crippen MR) is 140 cm³/mol. The van der Waals surface area contributed by atoms with Crippen LogP contribution in [0.15, 0.2) is 36.7 Å². The van der Waals surface area contributed by atoms with Crippen molar-refractivity contribution in [2.75, 3.05) is 6.61 Å². The van der Waals surface area contributed by atoms with Crippen LogP contribution in [0, 0.1) is 11.8 Å². The fourth-order valence-electron chi connectivity index (χ4n) is 5.09. The molecule has 0 amide bonds. The minimum Gasteiger partial charge on any atom is -0.494 e. The van der Waals surface area contributed by atoms with Crippen LogP contribution in [-0.2, 0) is 6.42 Å². The zero-order chi connectivity index (χ0) is 23.1. The summed E-state index contributed by atoms with van der Waals surface area (Å²) in [7, 11) is 0. The van der Waals surface area contributed by atoms with Gasteiger partial charge in [-0.15, -0.1) is 0 Å². The number of aryl methyl sites for hydroxylation is 1. The number of benzene rings is 1. The van der Waals surface area contributed by atoms with Crippen LogP contribution in [0.25, 0.3) is 11.4 Å². The molecule has 1 aliphatic carbocycles. The Morgan fingerprint density at radius 2 is 1.33 bits per heavy atom. The highest BCUT2D eigenvalue weighted by atomic mass is 16.5. The molecule has 1 fully saturated rings. The summed E-state index contributed by atoms with van der Waals surface area (Å²) in [5.74, 6) is 3.62. The summed E-state index contributed by atoms with van der Waals surface area (Å²) < 4.78 is 5.81.